The quantitative estimate of drug-likeness (QED) is 0.366. The molecule has 3 rings (SSSR count). The summed E-state index contributed by atoms with van der Waals surface area (Å²) in [4.78, 5) is 29.0. The number of rotatable bonds is 6. The summed E-state index contributed by atoms with van der Waals surface area (Å²) < 4.78 is 15.8. The van der Waals surface area contributed by atoms with Gasteiger partial charge >= 0.3 is 17.6 Å². The molecule has 0 saturated carbocycles. The number of esters is 2. The summed E-state index contributed by atoms with van der Waals surface area (Å²) in [7, 11) is 1.44. The Kier molecular flexibility index (Phi) is 5.69. The normalized spacial score (nSPS) is 10.5. The van der Waals surface area contributed by atoms with Crippen molar-refractivity contribution in [2.24, 2.45) is 0 Å². The number of carbonyl (C=O) groups excluding carboxylic acids is 2. The Morgan fingerprint density at radius 2 is 1.75 bits per heavy atom. The van der Waals surface area contributed by atoms with Crippen LogP contribution >= 0.6 is 0 Å². The van der Waals surface area contributed by atoms with E-state index in [9.17, 15) is 14.8 Å². The molecular formula is C20H18N2O6. The fourth-order valence-electron chi connectivity index (χ4n) is 2.69. The number of aromatic nitrogens is 2. The van der Waals surface area contributed by atoms with Crippen LogP contribution in [-0.4, -0.2) is 30.6 Å². The number of ether oxygens (including phenoxy) is 3. The van der Waals surface area contributed by atoms with Crippen LogP contribution in [0.3, 0.4) is 0 Å². The largest absolute Gasteiger partial charge is 0.618 e. The maximum atomic E-state index is 12.7. The zero-order valence-electron chi connectivity index (χ0n) is 15.4. The van der Waals surface area contributed by atoms with Gasteiger partial charge in [-0.2, -0.15) is 4.73 Å². The molecule has 144 valence electrons. The number of carbonyl (C=O) groups is 2. The molecule has 1 aromatic heterocycles. The van der Waals surface area contributed by atoms with Gasteiger partial charge in [0, 0.05) is 6.07 Å². The first-order valence-corrected chi connectivity index (χ1v) is 8.55. The van der Waals surface area contributed by atoms with E-state index in [4.69, 9.17) is 14.2 Å². The van der Waals surface area contributed by atoms with Crippen LogP contribution in [0.4, 0.5) is 0 Å². The van der Waals surface area contributed by atoms with Gasteiger partial charge in [-0.3, -0.25) is 0 Å². The van der Waals surface area contributed by atoms with Gasteiger partial charge in [-0.05, 0) is 25.1 Å². The number of para-hydroxylation sites is 3. The third-order valence-electron chi connectivity index (χ3n) is 3.97. The lowest BCUT2D eigenvalue weighted by Gasteiger charge is -2.12. The fourth-order valence-corrected chi connectivity index (χ4v) is 2.69. The molecule has 0 N–H and O–H groups in total. The van der Waals surface area contributed by atoms with Gasteiger partial charge in [-0.15, -0.1) is 0 Å². The van der Waals surface area contributed by atoms with Crippen molar-refractivity contribution in [3.63, 3.8) is 0 Å². The number of hydrogen-bond acceptors (Lipinski definition) is 7. The highest BCUT2D eigenvalue weighted by atomic mass is 16.5. The third kappa shape index (κ3) is 3.71. The van der Waals surface area contributed by atoms with Crippen molar-refractivity contribution in [3.05, 3.63) is 70.7 Å². The van der Waals surface area contributed by atoms with E-state index in [2.05, 4.69) is 4.98 Å². The summed E-state index contributed by atoms with van der Waals surface area (Å²) in [5, 5.41) is 12.7. The molecular weight excluding hydrogens is 364 g/mol. The molecule has 0 unspecified atom stereocenters. The van der Waals surface area contributed by atoms with Crippen molar-refractivity contribution in [1.29, 1.82) is 0 Å². The standard InChI is InChI=1S/C20H18N2O6/c1-3-27-20(24)18-15(21-14-9-5-6-10-16(14)22(18)25)12-28-19(23)13-8-4-7-11-17(13)26-2/h4-11H,3,12H2,1-2H3. The molecule has 0 bridgehead atoms. The van der Waals surface area contributed by atoms with Crippen molar-refractivity contribution in [3.8, 4) is 5.75 Å². The first-order chi connectivity index (χ1) is 13.6. The van der Waals surface area contributed by atoms with E-state index in [0.29, 0.717) is 16.0 Å². The van der Waals surface area contributed by atoms with Crippen LogP contribution in [0.5, 0.6) is 5.75 Å². The Bertz CT molecular complexity index is 1030. The summed E-state index contributed by atoms with van der Waals surface area (Å²) in [6, 6.07) is 13.1. The Balaban J connectivity index is 1.96. The Labute approximate surface area is 160 Å². The second kappa shape index (κ2) is 8.34. The second-order valence-corrected chi connectivity index (χ2v) is 5.69. The number of methoxy groups -OCH3 is 1. The van der Waals surface area contributed by atoms with Crippen molar-refractivity contribution in [2.45, 2.75) is 13.5 Å². The first-order valence-electron chi connectivity index (χ1n) is 8.55. The molecule has 8 heteroatoms. The van der Waals surface area contributed by atoms with Crippen LogP contribution in [0.2, 0.25) is 0 Å². The topological polar surface area (TPSA) is 102 Å². The second-order valence-electron chi connectivity index (χ2n) is 5.69. The molecule has 0 amide bonds. The minimum Gasteiger partial charge on any atom is -0.618 e. The van der Waals surface area contributed by atoms with Crippen LogP contribution in [0, 0.1) is 5.21 Å². The summed E-state index contributed by atoms with van der Waals surface area (Å²) in [5.74, 6) is -1.15. The van der Waals surface area contributed by atoms with Crippen LogP contribution in [-0.2, 0) is 16.1 Å². The van der Waals surface area contributed by atoms with Crippen LogP contribution < -0.4 is 9.47 Å². The van der Waals surface area contributed by atoms with Gasteiger partial charge in [0.15, 0.2) is 5.69 Å². The van der Waals surface area contributed by atoms with E-state index >= 15 is 0 Å². The molecule has 2 aromatic carbocycles. The summed E-state index contributed by atoms with van der Waals surface area (Å²) in [6.45, 7) is 1.34. The average Bonchev–Trinajstić information content (AvgIpc) is 2.72. The third-order valence-corrected chi connectivity index (χ3v) is 3.97. The van der Waals surface area contributed by atoms with Gasteiger partial charge in [0.2, 0.25) is 5.52 Å². The number of nitrogens with zero attached hydrogens (tertiary/aromatic N) is 2. The highest BCUT2D eigenvalue weighted by Crippen LogP contribution is 2.19. The molecule has 8 nitrogen and oxygen atoms in total. The molecule has 3 aromatic rings. The minimum absolute atomic E-state index is 0.00963. The first kappa shape index (κ1) is 19.1. The van der Waals surface area contributed by atoms with Gasteiger partial charge in [-0.1, -0.05) is 24.3 Å². The molecule has 0 spiro atoms. The van der Waals surface area contributed by atoms with E-state index < -0.39 is 11.9 Å². The fraction of sp³-hybridized carbons (Fsp3) is 0.200. The molecule has 0 aliphatic carbocycles. The van der Waals surface area contributed by atoms with Crippen molar-refractivity contribution in [1.82, 2.24) is 4.98 Å². The monoisotopic (exact) mass is 382 g/mol. The van der Waals surface area contributed by atoms with Crippen molar-refractivity contribution < 1.29 is 28.5 Å². The van der Waals surface area contributed by atoms with Gasteiger partial charge in [-0.25, -0.2) is 14.6 Å². The summed E-state index contributed by atoms with van der Waals surface area (Å²) in [5.41, 5.74) is 0.501. The summed E-state index contributed by atoms with van der Waals surface area (Å²) >= 11 is 0. The number of fused-ring (bicyclic) bond motifs is 1. The van der Waals surface area contributed by atoms with Crippen LogP contribution in [0.1, 0.15) is 33.5 Å². The van der Waals surface area contributed by atoms with Crippen molar-refractivity contribution >= 4 is 23.0 Å². The lowest BCUT2D eigenvalue weighted by Crippen LogP contribution is -2.39. The summed E-state index contributed by atoms with van der Waals surface area (Å²) in [6.07, 6.45) is 0. The number of hydrogen-bond donors (Lipinski definition) is 0. The average molecular weight is 382 g/mol. The Morgan fingerprint density at radius 1 is 1.04 bits per heavy atom. The highest BCUT2D eigenvalue weighted by molar-refractivity contribution is 5.93. The molecule has 0 fully saturated rings. The van der Waals surface area contributed by atoms with E-state index in [1.54, 1.807) is 55.5 Å². The molecule has 0 radical (unpaired) electrons. The SMILES string of the molecule is CCOC(=O)c1c(COC(=O)c2ccccc2OC)nc2ccccc2[n+]1[O-]. The molecule has 0 aliphatic heterocycles. The molecule has 0 saturated heterocycles. The van der Waals surface area contributed by atoms with E-state index in [0.717, 1.165) is 0 Å². The maximum absolute atomic E-state index is 12.7. The van der Waals surface area contributed by atoms with Gasteiger partial charge in [0.25, 0.3) is 0 Å². The smallest absolute Gasteiger partial charge is 0.407 e. The molecule has 0 atom stereocenters. The zero-order chi connectivity index (χ0) is 20.1. The van der Waals surface area contributed by atoms with Gasteiger partial charge in [0.05, 0.1) is 13.7 Å². The zero-order valence-corrected chi connectivity index (χ0v) is 15.4. The van der Waals surface area contributed by atoms with E-state index in [-0.39, 0.29) is 35.7 Å². The van der Waals surface area contributed by atoms with Crippen LogP contribution in [0.25, 0.3) is 11.0 Å². The Hall–Kier alpha value is -3.68. The van der Waals surface area contributed by atoms with Gasteiger partial charge < -0.3 is 19.4 Å². The predicted octanol–water partition coefficient (Wildman–Crippen LogP) is 2.41. The van der Waals surface area contributed by atoms with Gasteiger partial charge in [0.1, 0.15) is 23.4 Å². The van der Waals surface area contributed by atoms with E-state index in [1.807, 2.05) is 0 Å². The molecule has 1 heterocycles. The predicted molar refractivity (Wildman–Crippen MR) is 98.8 cm³/mol. The lowest BCUT2D eigenvalue weighted by molar-refractivity contribution is -0.581. The van der Waals surface area contributed by atoms with Crippen molar-refractivity contribution in [2.75, 3.05) is 13.7 Å². The molecule has 28 heavy (non-hydrogen) atoms. The lowest BCUT2D eigenvalue weighted by atomic mass is 10.2. The molecule has 0 aliphatic rings. The highest BCUT2D eigenvalue weighted by Gasteiger charge is 2.28. The maximum Gasteiger partial charge on any atom is 0.407 e. The Morgan fingerprint density at radius 3 is 2.50 bits per heavy atom. The van der Waals surface area contributed by atoms with E-state index in [1.165, 1.54) is 7.11 Å². The van der Waals surface area contributed by atoms with Crippen LogP contribution in [0.15, 0.2) is 48.5 Å². The number of benzene rings is 2. The minimum atomic E-state index is -0.834.